The summed E-state index contributed by atoms with van der Waals surface area (Å²) in [6.45, 7) is 7.90. The van der Waals surface area contributed by atoms with Crippen molar-refractivity contribution in [3.8, 4) is 0 Å². The lowest BCUT2D eigenvalue weighted by Crippen LogP contribution is -2.35. The predicted octanol–water partition coefficient (Wildman–Crippen LogP) is 2.04. The summed E-state index contributed by atoms with van der Waals surface area (Å²) in [4.78, 5) is 11.0. The molecule has 1 aliphatic heterocycles. The summed E-state index contributed by atoms with van der Waals surface area (Å²) in [5.41, 5.74) is 0.985. The molecule has 0 amide bonds. The second kappa shape index (κ2) is 5.96. The van der Waals surface area contributed by atoms with Crippen molar-refractivity contribution in [1.82, 2.24) is 9.97 Å². The maximum atomic E-state index is 5.49. The lowest BCUT2D eigenvalue weighted by atomic mass is 9.98. The number of hydrogen-bond acceptors (Lipinski definition) is 4. The van der Waals surface area contributed by atoms with E-state index in [1.807, 2.05) is 13.1 Å². The van der Waals surface area contributed by atoms with Crippen LogP contribution in [0, 0.1) is 12.8 Å². The van der Waals surface area contributed by atoms with Crippen LogP contribution in [0.25, 0.3) is 0 Å². The molecule has 17 heavy (non-hydrogen) atoms. The molecule has 0 saturated carbocycles. The van der Waals surface area contributed by atoms with Crippen LogP contribution in [0.2, 0.25) is 0 Å². The first-order valence-electron chi connectivity index (χ1n) is 6.41. The molecule has 1 saturated heterocycles. The minimum Gasteiger partial charge on any atom is -0.381 e. The zero-order valence-corrected chi connectivity index (χ0v) is 10.7. The standard InChI is InChI=1S/C13H21N3O/c1-3-17-10-12-4-6-16(7-5-12)13-9-14-8-11(2)15-13/h8-9,12H,3-7,10H2,1-2H3. The van der Waals surface area contributed by atoms with Crippen molar-refractivity contribution in [2.24, 2.45) is 5.92 Å². The number of aryl methyl sites for hydroxylation is 1. The van der Waals surface area contributed by atoms with Gasteiger partial charge in [0.25, 0.3) is 0 Å². The van der Waals surface area contributed by atoms with Crippen molar-refractivity contribution in [3.05, 3.63) is 18.1 Å². The first-order chi connectivity index (χ1) is 8.29. The Hall–Kier alpha value is -1.16. The van der Waals surface area contributed by atoms with Gasteiger partial charge in [-0.2, -0.15) is 0 Å². The van der Waals surface area contributed by atoms with Crippen LogP contribution < -0.4 is 4.90 Å². The number of rotatable bonds is 4. The lowest BCUT2D eigenvalue weighted by molar-refractivity contribution is 0.100. The summed E-state index contributed by atoms with van der Waals surface area (Å²) in [5, 5.41) is 0. The lowest BCUT2D eigenvalue weighted by Gasteiger charge is -2.32. The molecule has 0 radical (unpaired) electrons. The highest BCUT2D eigenvalue weighted by molar-refractivity contribution is 5.36. The van der Waals surface area contributed by atoms with Crippen molar-refractivity contribution in [1.29, 1.82) is 0 Å². The van der Waals surface area contributed by atoms with E-state index < -0.39 is 0 Å². The van der Waals surface area contributed by atoms with Gasteiger partial charge in [-0.1, -0.05) is 0 Å². The van der Waals surface area contributed by atoms with E-state index in [1.54, 1.807) is 6.20 Å². The van der Waals surface area contributed by atoms with Crippen LogP contribution in [0.5, 0.6) is 0 Å². The molecule has 2 heterocycles. The maximum Gasteiger partial charge on any atom is 0.147 e. The highest BCUT2D eigenvalue weighted by atomic mass is 16.5. The maximum absolute atomic E-state index is 5.49. The fraction of sp³-hybridized carbons (Fsp3) is 0.692. The van der Waals surface area contributed by atoms with Crippen molar-refractivity contribution in [2.75, 3.05) is 31.2 Å². The van der Waals surface area contributed by atoms with E-state index in [9.17, 15) is 0 Å². The molecule has 0 N–H and O–H groups in total. The molecule has 0 aromatic carbocycles. The molecule has 1 aromatic heterocycles. The van der Waals surface area contributed by atoms with Crippen LogP contribution in [0.4, 0.5) is 5.82 Å². The highest BCUT2D eigenvalue weighted by Gasteiger charge is 2.20. The van der Waals surface area contributed by atoms with Gasteiger partial charge in [-0.25, -0.2) is 4.98 Å². The van der Waals surface area contributed by atoms with Crippen LogP contribution >= 0.6 is 0 Å². The Balaban J connectivity index is 1.86. The topological polar surface area (TPSA) is 38.2 Å². The summed E-state index contributed by atoms with van der Waals surface area (Å²) in [7, 11) is 0. The van der Waals surface area contributed by atoms with Gasteiger partial charge in [0.15, 0.2) is 0 Å². The Bertz CT molecular complexity index is 348. The minimum absolute atomic E-state index is 0.712. The number of ether oxygens (including phenoxy) is 1. The smallest absolute Gasteiger partial charge is 0.147 e. The second-order valence-electron chi connectivity index (χ2n) is 4.61. The van der Waals surface area contributed by atoms with Gasteiger partial charge < -0.3 is 9.64 Å². The van der Waals surface area contributed by atoms with Crippen LogP contribution in [0.15, 0.2) is 12.4 Å². The quantitative estimate of drug-likeness (QED) is 0.800. The SMILES string of the molecule is CCOCC1CCN(c2cncc(C)n2)CC1. The van der Waals surface area contributed by atoms with Crippen molar-refractivity contribution >= 4 is 5.82 Å². The molecule has 0 unspecified atom stereocenters. The molecule has 1 aromatic rings. The van der Waals surface area contributed by atoms with Gasteiger partial charge >= 0.3 is 0 Å². The van der Waals surface area contributed by atoms with Gasteiger partial charge in [0.2, 0.25) is 0 Å². The molecule has 0 spiro atoms. The first-order valence-corrected chi connectivity index (χ1v) is 6.41. The van der Waals surface area contributed by atoms with E-state index >= 15 is 0 Å². The number of nitrogens with zero attached hydrogens (tertiary/aromatic N) is 3. The van der Waals surface area contributed by atoms with E-state index in [0.717, 1.165) is 37.8 Å². The molecular weight excluding hydrogens is 214 g/mol. The Morgan fingerprint density at radius 3 is 2.76 bits per heavy atom. The van der Waals surface area contributed by atoms with Gasteiger partial charge in [0, 0.05) is 32.5 Å². The van der Waals surface area contributed by atoms with Gasteiger partial charge in [-0.15, -0.1) is 0 Å². The second-order valence-corrected chi connectivity index (χ2v) is 4.61. The Morgan fingerprint density at radius 2 is 2.12 bits per heavy atom. The number of piperidine rings is 1. The van der Waals surface area contributed by atoms with Crippen LogP contribution in [0.3, 0.4) is 0 Å². The Kier molecular flexibility index (Phi) is 4.31. The summed E-state index contributed by atoms with van der Waals surface area (Å²) in [5.74, 6) is 1.73. The first kappa shape index (κ1) is 12.3. The summed E-state index contributed by atoms with van der Waals surface area (Å²) in [6, 6.07) is 0. The normalized spacial score (nSPS) is 17.4. The number of hydrogen-bond donors (Lipinski definition) is 0. The third-order valence-corrected chi connectivity index (χ3v) is 3.24. The van der Waals surface area contributed by atoms with Gasteiger partial charge in [-0.05, 0) is 32.6 Å². The van der Waals surface area contributed by atoms with Crippen LogP contribution in [0.1, 0.15) is 25.5 Å². The van der Waals surface area contributed by atoms with E-state index in [0.29, 0.717) is 5.92 Å². The van der Waals surface area contributed by atoms with Crippen molar-refractivity contribution in [2.45, 2.75) is 26.7 Å². The monoisotopic (exact) mass is 235 g/mol. The van der Waals surface area contributed by atoms with E-state index in [-0.39, 0.29) is 0 Å². The average molecular weight is 235 g/mol. The van der Waals surface area contributed by atoms with Crippen LogP contribution in [-0.2, 0) is 4.74 Å². The fourth-order valence-corrected chi connectivity index (χ4v) is 2.22. The summed E-state index contributed by atoms with van der Waals surface area (Å²) < 4.78 is 5.49. The molecule has 4 heteroatoms. The van der Waals surface area contributed by atoms with Gasteiger partial charge in [0.1, 0.15) is 5.82 Å². The molecule has 1 aliphatic rings. The summed E-state index contributed by atoms with van der Waals surface area (Å²) >= 11 is 0. The van der Waals surface area contributed by atoms with E-state index in [4.69, 9.17) is 4.74 Å². The highest BCUT2D eigenvalue weighted by Crippen LogP contribution is 2.21. The minimum atomic E-state index is 0.712. The molecule has 4 nitrogen and oxygen atoms in total. The van der Waals surface area contributed by atoms with E-state index in [1.165, 1.54) is 12.8 Å². The van der Waals surface area contributed by atoms with Crippen molar-refractivity contribution in [3.63, 3.8) is 0 Å². The number of aromatic nitrogens is 2. The molecule has 2 rings (SSSR count). The Labute approximate surface area is 103 Å². The molecule has 1 fully saturated rings. The largest absolute Gasteiger partial charge is 0.381 e. The molecule has 0 aliphatic carbocycles. The van der Waals surface area contributed by atoms with Gasteiger partial charge in [0.05, 0.1) is 11.9 Å². The zero-order chi connectivity index (χ0) is 12.1. The third kappa shape index (κ3) is 3.40. The third-order valence-electron chi connectivity index (χ3n) is 3.24. The van der Waals surface area contributed by atoms with Gasteiger partial charge in [-0.3, -0.25) is 4.98 Å². The molecule has 0 bridgehead atoms. The summed E-state index contributed by atoms with van der Waals surface area (Å²) in [6.07, 6.45) is 6.03. The molecule has 0 atom stereocenters. The van der Waals surface area contributed by atoms with Crippen molar-refractivity contribution < 1.29 is 4.74 Å². The molecule has 94 valence electrons. The fourth-order valence-electron chi connectivity index (χ4n) is 2.22. The average Bonchev–Trinajstić information content (AvgIpc) is 2.37. The van der Waals surface area contributed by atoms with E-state index in [2.05, 4.69) is 21.8 Å². The Morgan fingerprint density at radius 1 is 1.35 bits per heavy atom. The predicted molar refractivity (Wildman–Crippen MR) is 68.2 cm³/mol. The number of anilines is 1. The van der Waals surface area contributed by atoms with Crippen LogP contribution in [-0.4, -0.2) is 36.3 Å². The zero-order valence-electron chi connectivity index (χ0n) is 10.7. The molecular formula is C13H21N3O.